The number of nitrogens with one attached hydrogen (secondary N) is 3. The molecule has 2 amide bonds. The van der Waals surface area contributed by atoms with Crippen LogP contribution >= 0.6 is 0 Å². The van der Waals surface area contributed by atoms with Crippen molar-refractivity contribution in [3.63, 3.8) is 0 Å². The van der Waals surface area contributed by atoms with Crippen molar-refractivity contribution in [3.05, 3.63) is 58.1 Å². The van der Waals surface area contributed by atoms with Gasteiger partial charge < -0.3 is 16.0 Å². The highest BCUT2D eigenvalue weighted by Gasteiger charge is 2.27. The fourth-order valence-corrected chi connectivity index (χ4v) is 2.62. The lowest BCUT2D eigenvalue weighted by Gasteiger charge is -2.26. The van der Waals surface area contributed by atoms with Crippen molar-refractivity contribution in [2.75, 3.05) is 16.0 Å². The van der Waals surface area contributed by atoms with Gasteiger partial charge in [-0.3, -0.25) is 19.7 Å². The zero-order valence-electron chi connectivity index (χ0n) is 13.4. The van der Waals surface area contributed by atoms with E-state index in [1.165, 1.54) is 18.2 Å². The summed E-state index contributed by atoms with van der Waals surface area (Å²) in [5, 5.41) is 19.2. The molecule has 0 fully saturated rings. The van der Waals surface area contributed by atoms with Crippen LogP contribution in [0.1, 0.15) is 12.0 Å². The fourth-order valence-electron chi connectivity index (χ4n) is 2.62. The first-order valence-corrected chi connectivity index (χ1v) is 7.65. The number of para-hydroxylation sites is 2. The monoisotopic (exact) mass is 340 g/mol. The van der Waals surface area contributed by atoms with E-state index >= 15 is 0 Å². The third kappa shape index (κ3) is 3.57. The maximum absolute atomic E-state index is 12.2. The van der Waals surface area contributed by atoms with Crippen LogP contribution < -0.4 is 16.0 Å². The van der Waals surface area contributed by atoms with Crippen LogP contribution in [0.4, 0.5) is 22.7 Å². The van der Waals surface area contributed by atoms with Gasteiger partial charge in [0.25, 0.3) is 5.69 Å². The first-order chi connectivity index (χ1) is 11.9. The van der Waals surface area contributed by atoms with E-state index in [9.17, 15) is 19.7 Å². The van der Waals surface area contributed by atoms with Crippen LogP contribution in [0, 0.1) is 17.0 Å². The Morgan fingerprint density at radius 1 is 1.24 bits per heavy atom. The van der Waals surface area contributed by atoms with Gasteiger partial charge in [0.1, 0.15) is 6.04 Å². The number of hydrogen-bond acceptors (Lipinski definition) is 5. The van der Waals surface area contributed by atoms with Gasteiger partial charge in [0.2, 0.25) is 11.8 Å². The minimum Gasteiger partial charge on any atom is -0.372 e. The van der Waals surface area contributed by atoms with Crippen molar-refractivity contribution in [3.8, 4) is 0 Å². The van der Waals surface area contributed by atoms with Crippen molar-refractivity contribution < 1.29 is 14.5 Å². The molecule has 2 aromatic rings. The number of non-ortho nitro benzene ring substituents is 1. The molecular formula is C17H16N4O4. The molecule has 0 saturated heterocycles. The van der Waals surface area contributed by atoms with Gasteiger partial charge in [-0.05, 0) is 30.7 Å². The van der Waals surface area contributed by atoms with Crippen LogP contribution in [-0.4, -0.2) is 22.8 Å². The van der Waals surface area contributed by atoms with Crippen molar-refractivity contribution in [2.24, 2.45) is 0 Å². The van der Waals surface area contributed by atoms with E-state index < -0.39 is 11.0 Å². The molecule has 0 saturated carbocycles. The molecule has 25 heavy (non-hydrogen) atoms. The van der Waals surface area contributed by atoms with Gasteiger partial charge in [-0.15, -0.1) is 0 Å². The number of rotatable bonds is 4. The summed E-state index contributed by atoms with van der Waals surface area (Å²) in [6.07, 6.45) is -0.0589. The first kappa shape index (κ1) is 16.4. The number of carbonyl (C=O) groups excluding carboxylic acids is 2. The summed E-state index contributed by atoms with van der Waals surface area (Å²) in [4.78, 5) is 34.6. The van der Waals surface area contributed by atoms with Crippen LogP contribution in [0.3, 0.4) is 0 Å². The molecule has 128 valence electrons. The third-order valence-corrected chi connectivity index (χ3v) is 3.92. The predicted octanol–water partition coefficient (Wildman–Crippen LogP) is 2.66. The zero-order chi connectivity index (χ0) is 18.0. The van der Waals surface area contributed by atoms with E-state index in [4.69, 9.17) is 0 Å². The molecule has 0 aliphatic carbocycles. The molecule has 0 unspecified atom stereocenters. The molecule has 0 bridgehead atoms. The fraction of sp³-hybridized carbons (Fsp3) is 0.176. The Labute approximate surface area is 143 Å². The van der Waals surface area contributed by atoms with E-state index in [-0.39, 0.29) is 23.9 Å². The topological polar surface area (TPSA) is 113 Å². The number of nitrogens with zero attached hydrogens (tertiary/aromatic N) is 1. The smallest absolute Gasteiger partial charge is 0.269 e. The lowest BCUT2D eigenvalue weighted by molar-refractivity contribution is -0.384. The number of amides is 2. The highest BCUT2D eigenvalue weighted by Crippen LogP contribution is 2.27. The number of aryl methyl sites for hydroxylation is 1. The summed E-state index contributed by atoms with van der Waals surface area (Å²) in [5.41, 5.74) is 2.45. The summed E-state index contributed by atoms with van der Waals surface area (Å²) in [6, 6.07) is 10.7. The highest BCUT2D eigenvalue weighted by atomic mass is 16.6. The van der Waals surface area contributed by atoms with E-state index in [1.807, 2.05) is 18.2 Å². The summed E-state index contributed by atoms with van der Waals surface area (Å²) in [7, 11) is 0. The predicted molar refractivity (Wildman–Crippen MR) is 93.6 cm³/mol. The number of carbonyl (C=O) groups is 2. The van der Waals surface area contributed by atoms with Crippen LogP contribution in [0.5, 0.6) is 0 Å². The van der Waals surface area contributed by atoms with Crippen LogP contribution in [0.2, 0.25) is 0 Å². The highest BCUT2D eigenvalue weighted by molar-refractivity contribution is 6.06. The van der Waals surface area contributed by atoms with E-state index in [0.717, 1.165) is 5.69 Å². The van der Waals surface area contributed by atoms with Crippen molar-refractivity contribution in [1.29, 1.82) is 0 Å². The molecule has 0 aromatic heterocycles. The van der Waals surface area contributed by atoms with Crippen molar-refractivity contribution >= 4 is 34.6 Å². The molecule has 8 nitrogen and oxygen atoms in total. The van der Waals surface area contributed by atoms with Crippen molar-refractivity contribution in [2.45, 2.75) is 19.4 Å². The van der Waals surface area contributed by atoms with E-state index in [1.54, 1.807) is 13.0 Å². The van der Waals surface area contributed by atoms with Gasteiger partial charge in [-0.25, -0.2) is 0 Å². The minimum absolute atomic E-state index is 0.0413. The van der Waals surface area contributed by atoms with Crippen LogP contribution in [0.15, 0.2) is 42.5 Å². The molecule has 0 radical (unpaired) electrons. The Bertz CT molecular complexity index is 865. The normalized spacial score (nSPS) is 15.6. The second-order valence-electron chi connectivity index (χ2n) is 5.74. The Balaban J connectivity index is 1.67. The number of hydrogen-bond donors (Lipinski definition) is 3. The molecule has 1 atom stereocenters. The second kappa shape index (κ2) is 6.60. The summed E-state index contributed by atoms with van der Waals surface area (Å²) in [5.74, 6) is -0.641. The summed E-state index contributed by atoms with van der Waals surface area (Å²) < 4.78 is 0. The lowest BCUT2D eigenvalue weighted by Crippen LogP contribution is -2.41. The van der Waals surface area contributed by atoms with Gasteiger partial charge in [-0.2, -0.15) is 0 Å². The molecule has 0 spiro atoms. The number of fused-ring (bicyclic) bond motifs is 1. The molecule has 1 aliphatic heterocycles. The SMILES string of the molecule is Cc1cc([N+](=O)[O-])ccc1NC(=O)C[C@@H]1Nc2ccccc2NC1=O. The average Bonchev–Trinajstić information content (AvgIpc) is 2.57. The second-order valence-corrected chi connectivity index (χ2v) is 5.74. The molecule has 3 N–H and O–H groups in total. The quantitative estimate of drug-likeness (QED) is 0.585. The molecule has 2 aromatic carbocycles. The number of benzene rings is 2. The largest absolute Gasteiger partial charge is 0.372 e. The maximum atomic E-state index is 12.2. The third-order valence-electron chi connectivity index (χ3n) is 3.92. The Morgan fingerprint density at radius 2 is 1.96 bits per heavy atom. The minimum atomic E-state index is -0.687. The van der Waals surface area contributed by atoms with Gasteiger partial charge in [-0.1, -0.05) is 12.1 Å². The van der Waals surface area contributed by atoms with Gasteiger partial charge in [0.15, 0.2) is 0 Å². The molecule has 1 aliphatic rings. The Hall–Kier alpha value is -3.42. The Kier molecular flexibility index (Phi) is 4.34. The van der Waals surface area contributed by atoms with Gasteiger partial charge in [0.05, 0.1) is 22.7 Å². The number of anilines is 3. The first-order valence-electron chi connectivity index (χ1n) is 7.65. The molecular weight excluding hydrogens is 324 g/mol. The van der Waals surface area contributed by atoms with E-state index in [0.29, 0.717) is 16.9 Å². The van der Waals surface area contributed by atoms with E-state index in [2.05, 4.69) is 16.0 Å². The summed E-state index contributed by atoms with van der Waals surface area (Å²) >= 11 is 0. The van der Waals surface area contributed by atoms with Gasteiger partial charge in [0, 0.05) is 17.8 Å². The van der Waals surface area contributed by atoms with Crippen molar-refractivity contribution in [1.82, 2.24) is 0 Å². The van der Waals surface area contributed by atoms with Crippen LogP contribution in [0.25, 0.3) is 0 Å². The zero-order valence-corrected chi connectivity index (χ0v) is 13.4. The molecule has 3 rings (SSSR count). The number of nitro groups is 1. The summed E-state index contributed by atoms with van der Waals surface area (Å²) in [6.45, 7) is 1.67. The standard InChI is InChI=1S/C17H16N4O4/c1-10-8-11(21(24)25)6-7-12(10)19-16(22)9-15-17(23)20-14-5-3-2-4-13(14)18-15/h2-8,15,18H,9H2,1H3,(H,19,22)(H,20,23)/t15-/m0/s1. The van der Waals surface area contributed by atoms with Crippen LogP contribution in [-0.2, 0) is 9.59 Å². The van der Waals surface area contributed by atoms with Gasteiger partial charge >= 0.3 is 0 Å². The molecule has 8 heteroatoms. The number of nitro benzene ring substituents is 1. The lowest BCUT2D eigenvalue weighted by atomic mass is 10.1. The molecule has 1 heterocycles. The Morgan fingerprint density at radius 3 is 2.64 bits per heavy atom. The average molecular weight is 340 g/mol. The maximum Gasteiger partial charge on any atom is 0.269 e.